The predicted molar refractivity (Wildman–Crippen MR) is 78.2 cm³/mol. The fourth-order valence-electron chi connectivity index (χ4n) is 2.31. The van der Waals surface area contributed by atoms with Crippen LogP contribution in [0.2, 0.25) is 0 Å². The Kier molecular flexibility index (Phi) is 8.84. The lowest BCUT2D eigenvalue weighted by molar-refractivity contribution is -0.122. The van der Waals surface area contributed by atoms with E-state index in [-0.39, 0.29) is 11.9 Å². The molecule has 0 aliphatic carbocycles. The van der Waals surface area contributed by atoms with Crippen LogP contribution in [0.5, 0.6) is 0 Å². The molecule has 4 heteroatoms. The van der Waals surface area contributed by atoms with Crippen molar-refractivity contribution in [2.24, 2.45) is 5.92 Å². The Balaban J connectivity index is 1.89. The first kappa shape index (κ1) is 16.4. The maximum atomic E-state index is 11.7. The highest BCUT2D eigenvalue weighted by atomic mass is 16.5. The van der Waals surface area contributed by atoms with E-state index in [4.69, 9.17) is 4.74 Å². The molecule has 0 aromatic heterocycles. The summed E-state index contributed by atoms with van der Waals surface area (Å²) in [5, 5.41) is 6.29. The molecule has 0 radical (unpaired) electrons. The van der Waals surface area contributed by atoms with Gasteiger partial charge in [-0.1, -0.05) is 39.5 Å². The van der Waals surface area contributed by atoms with E-state index in [9.17, 15) is 4.79 Å². The molecule has 1 saturated heterocycles. The Bertz CT molecular complexity index is 238. The molecule has 1 amide bonds. The predicted octanol–water partition coefficient (Wildman–Crippen LogP) is 2.09. The van der Waals surface area contributed by atoms with Gasteiger partial charge in [0.1, 0.15) is 0 Å². The number of nitrogens with one attached hydrogen (secondary N) is 2. The molecule has 0 aromatic rings. The molecule has 4 nitrogen and oxygen atoms in total. The molecule has 0 saturated carbocycles. The fraction of sp³-hybridized carbons (Fsp3) is 0.933. The zero-order valence-electron chi connectivity index (χ0n) is 12.5. The number of morpholine rings is 1. The number of carbonyl (C=O) groups is 1. The van der Waals surface area contributed by atoms with Gasteiger partial charge in [0.05, 0.1) is 13.2 Å². The van der Waals surface area contributed by atoms with Crippen molar-refractivity contribution in [1.29, 1.82) is 0 Å². The molecule has 19 heavy (non-hydrogen) atoms. The molecule has 112 valence electrons. The quantitative estimate of drug-likeness (QED) is 0.631. The summed E-state index contributed by atoms with van der Waals surface area (Å²) in [6.45, 7) is 7.62. The van der Waals surface area contributed by atoms with E-state index in [0.29, 0.717) is 13.0 Å². The third kappa shape index (κ3) is 9.00. The number of amides is 1. The number of rotatable bonds is 9. The van der Waals surface area contributed by atoms with E-state index >= 15 is 0 Å². The van der Waals surface area contributed by atoms with Crippen LogP contribution in [-0.4, -0.2) is 38.3 Å². The standard InChI is InChI=1S/C15H30N2O2/c1-13(2)7-5-3-4-6-8-17-15(18)11-14-12-19-10-9-16-14/h13-14,16H,3-12H2,1-2H3,(H,17,18). The van der Waals surface area contributed by atoms with Gasteiger partial charge in [-0.25, -0.2) is 0 Å². The summed E-state index contributed by atoms with van der Waals surface area (Å²) >= 11 is 0. The summed E-state index contributed by atoms with van der Waals surface area (Å²) in [5.74, 6) is 0.954. The van der Waals surface area contributed by atoms with Gasteiger partial charge in [-0.05, 0) is 12.3 Å². The van der Waals surface area contributed by atoms with Crippen molar-refractivity contribution in [3.8, 4) is 0 Å². The van der Waals surface area contributed by atoms with Gasteiger partial charge in [-0.3, -0.25) is 4.79 Å². The molecule has 1 unspecified atom stereocenters. The second kappa shape index (κ2) is 10.2. The summed E-state index contributed by atoms with van der Waals surface area (Å²) in [7, 11) is 0. The van der Waals surface area contributed by atoms with Crippen molar-refractivity contribution < 1.29 is 9.53 Å². The summed E-state index contributed by atoms with van der Waals surface area (Å²) in [6.07, 6.45) is 6.77. The Labute approximate surface area is 117 Å². The third-order valence-corrected chi connectivity index (χ3v) is 3.46. The molecule has 1 atom stereocenters. The third-order valence-electron chi connectivity index (χ3n) is 3.46. The van der Waals surface area contributed by atoms with Crippen molar-refractivity contribution in [1.82, 2.24) is 10.6 Å². The Hall–Kier alpha value is -0.610. The Morgan fingerprint density at radius 2 is 2.11 bits per heavy atom. The molecule has 1 fully saturated rings. The van der Waals surface area contributed by atoms with Crippen molar-refractivity contribution in [2.45, 2.75) is 58.4 Å². The van der Waals surface area contributed by atoms with Crippen LogP contribution in [0.3, 0.4) is 0 Å². The van der Waals surface area contributed by atoms with Crippen molar-refractivity contribution in [3.05, 3.63) is 0 Å². The second-order valence-corrected chi connectivity index (χ2v) is 5.88. The van der Waals surface area contributed by atoms with Gasteiger partial charge in [0.2, 0.25) is 5.91 Å². The van der Waals surface area contributed by atoms with Crippen LogP contribution in [0, 0.1) is 5.92 Å². The van der Waals surface area contributed by atoms with Crippen LogP contribution in [0.1, 0.15) is 52.4 Å². The molecule has 0 bridgehead atoms. The zero-order chi connectivity index (χ0) is 13.9. The first-order chi connectivity index (χ1) is 9.18. The second-order valence-electron chi connectivity index (χ2n) is 5.88. The molecule has 1 aliphatic rings. The van der Waals surface area contributed by atoms with Gasteiger partial charge in [-0.15, -0.1) is 0 Å². The number of hydrogen-bond acceptors (Lipinski definition) is 3. The average molecular weight is 270 g/mol. The first-order valence-electron chi connectivity index (χ1n) is 7.76. The topological polar surface area (TPSA) is 50.4 Å². The molecule has 0 aromatic carbocycles. The summed E-state index contributed by atoms with van der Waals surface area (Å²) in [6, 6.07) is 0.194. The molecule has 1 heterocycles. The minimum absolute atomic E-state index is 0.144. The number of ether oxygens (including phenoxy) is 1. The van der Waals surface area contributed by atoms with E-state index in [1.165, 1.54) is 25.7 Å². The highest BCUT2D eigenvalue weighted by Gasteiger charge is 2.16. The lowest BCUT2D eigenvalue weighted by Gasteiger charge is -2.23. The van der Waals surface area contributed by atoms with E-state index in [1.807, 2.05) is 0 Å². The minimum Gasteiger partial charge on any atom is -0.378 e. The van der Waals surface area contributed by atoms with Crippen LogP contribution in [0.4, 0.5) is 0 Å². The van der Waals surface area contributed by atoms with E-state index in [0.717, 1.165) is 32.0 Å². The normalized spacial score (nSPS) is 19.6. The van der Waals surface area contributed by atoms with Gasteiger partial charge in [0.15, 0.2) is 0 Å². The molecule has 1 aliphatic heterocycles. The van der Waals surface area contributed by atoms with Crippen molar-refractivity contribution in [2.75, 3.05) is 26.3 Å². The molecular weight excluding hydrogens is 240 g/mol. The smallest absolute Gasteiger partial charge is 0.221 e. The van der Waals surface area contributed by atoms with Crippen molar-refractivity contribution in [3.63, 3.8) is 0 Å². The maximum absolute atomic E-state index is 11.7. The largest absolute Gasteiger partial charge is 0.378 e. The van der Waals surface area contributed by atoms with Crippen molar-refractivity contribution >= 4 is 5.91 Å². The molecular formula is C15H30N2O2. The number of hydrogen-bond donors (Lipinski definition) is 2. The SMILES string of the molecule is CC(C)CCCCCCNC(=O)CC1COCCN1. The minimum atomic E-state index is 0.144. The highest BCUT2D eigenvalue weighted by Crippen LogP contribution is 2.09. The summed E-state index contributed by atoms with van der Waals surface area (Å²) in [4.78, 5) is 11.7. The monoisotopic (exact) mass is 270 g/mol. The van der Waals surface area contributed by atoms with Crippen LogP contribution in [0.25, 0.3) is 0 Å². The Morgan fingerprint density at radius 1 is 1.32 bits per heavy atom. The van der Waals surface area contributed by atoms with Crippen LogP contribution < -0.4 is 10.6 Å². The molecule has 0 spiro atoms. The molecule has 1 rings (SSSR count). The van der Waals surface area contributed by atoms with E-state index in [1.54, 1.807) is 0 Å². The van der Waals surface area contributed by atoms with Crippen LogP contribution in [-0.2, 0) is 9.53 Å². The summed E-state index contributed by atoms with van der Waals surface area (Å²) in [5.41, 5.74) is 0. The Morgan fingerprint density at radius 3 is 2.79 bits per heavy atom. The number of unbranched alkanes of at least 4 members (excludes halogenated alkanes) is 3. The maximum Gasteiger partial charge on any atom is 0.221 e. The van der Waals surface area contributed by atoms with Gasteiger partial charge in [0, 0.05) is 25.6 Å². The zero-order valence-corrected chi connectivity index (χ0v) is 12.5. The van der Waals surface area contributed by atoms with Crippen LogP contribution >= 0.6 is 0 Å². The fourth-order valence-corrected chi connectivity index (χ4v) is 2.31. The number of carbonyl (C=O) groups excluding carboxylic acids is 1. The first-order valence-corrected chi connectivity index (χ1v) is 7.76. The van der Waals surface area contributed by atoms with Crippen LogP contribution in [0.15, 0.2) is 0 Å². The van der Waals surface area contributed by atoms with Gasteiger partial charge >= 0.3 is 0 Å². The molecule has 2 N–H and O–H groups in total. The lowest BCUT2D eigenvalue weighted by atomic mass is 10.0. The van der Waals surface area contributed by atoms with E-state index in [2.05, 4.69) is 24.5 Å². The van der Waals surface area contributed by atoms with Gasteiger partial charge < -0.3 is 15.4 Å². The summed E-state index contributed by atoms with van der Waals surface area (Å²) < 4.78 is 5.33. The lowest BCUT2D eigenvalue weighted by Crippen LogP contribution is -2.44. The van der Waals surface area contributed by atoms with Gasteiger partial charge in [-0.2, -0.15) is 0 Å². The average Bonchev–Trinajstić information content (AvgIpc) is 2.38. The van der Waals surface area contributed by atoms with Gasteiger partial charge in [0.25, 0.3) is 0 Å². The highest BCUT2D eigenvalue weighted by molar-refractivity contribution is 5.76. The van der Waals surface area contributed by atoms with E-state index < -0.39 is 0 Å².